The number of amides is 1. The predicted octanol–water partition coefficient (Wildman–Crippen LogP) is 4.55. The molecule has 1 aliphatic carbocycles. The van der Waals surface area contributed by atoms with Crippen molar-refractivity contribution in [3.63, 3.8) is 0 Å². The normalized spacial score (nSPS) is 21.2. The van der Waals surface area contributed by atoms with Crippen LogP contribution in [0.1, 0.15) is 28.7 Å². The Labute approximate surface area is 146 Å². The number of hydrogen-bond donors (Lipinski definition) is 1. The van der Waals surface area contributed by atoms with Crippen LogP contribution in [0.2, 0.25) is 5.02 Å². The second kappa shape index (κ2) is 5.14. The Morgan fingerprint density at radius 2 is 2.00 bits per heavy atom. The zero-order valence-corrected chi connectivity index (χ0v) is 13.9. The van der Waals surface area contributed by atoms with Gasteiger partial charge < -0.3 is 10.1 Å². The zero-order valence-electron chi connectivity index (χ0n) is 13.1. The van der Waals surface area contributed by atoms with Gasteiger partial charge in [-0.25, -0.2) is 0 Å². The predicted molar refractivity (Wildman–Crippen MR) is 87.2 cm³/mol. The molecule has 0 saturated heterocycles. The number of nitrogens with one attached hydrogen (secondary N) is 1. The molecule has 1 heterocycles. The number of fused-ring (bicyclic) bond motifs is 4. The van der Waals surface area contributed by atoms with Crippen molar-refractivity contribution in [1.29, 1.82) is 0 Å². The fourth-order valence-corrected chi connectivity index (χ4v) is 4.22. The van der Waals surface area contributed by atoms with E-state index in [4.69, 9.17) is 16.3 Å². The summed E-state index contributed by atoms with van der Waals surface area (Å²) in [7, 11) is 1.50. The summed E-state index contributed by atoms with van der Waals surface area (Å²) >= 11 is 6.28. The Kier molecular flexibility index (Phi) is 3.35. The van der Waals surface area contributed by atoms with Crippen LogP contribution in [0.4, 0.5) is 18.9 Å². The van der Waals surface area contributed by atoms with E-state index in [0.717, 1.165) is 17.7 Å². The first kappa shape index (κ1) is 16.3. The van der Waals surface area contributed by atoms with Crippen LogP contribution >= 0.6 is 11.6 Å². The summed E-state index contributed by atoms with van der Waals surface area (Å²) in [5, 5.41) is 3.15. The van der Waals surface area contributed by atoms with E-state index in [2.05, 4.69) is 5.32 Å². The number of hydrogen-bond acceptors (Lipinski definition) is 2. The molecule has 2 aromatic carbocycles. The van der Waals surface area contributed by atoms with Crippen molar-refractivity contribution in [2.75, 3.05) is 12.4 Å². The molecule has 1 spiro atoms. The van der Waals surface area contributed by atoms with E-state index >= 15 is 0 Å². The number of alkyl halides is 3. The Bertz CT molecular complexity index is 910. The third-order valence-corrected chi connectivity index (χ3v) is 5.41. The second-order valence-corrected chi connectivity index (χ2v) is 6.63. The molecule has 0 radical (unpaired) electrons. The van der Waals surface area contributed by atoms with Gasteiger partial charge in [0, 0.05) is 16.3 Å². The lowest BCUT2D eigenvalue weighted by molar-refractivity contribution is -0.137. The molecule has 1 atom stereocenters. The molecule has 0 fully saturated rings. The lowest BCUT2D eigenvalue weighted by Crippen LogP contribution is -2.33. The summed E-state index contributed by atoms with van der Waals surface area (Å²) in [4.78, 5) is 12.9. The molecular weight excluding hydrogens is 355 g/mol. The maximum absolute atomic E-state index is 13.0. The highest BCUT2D eigenvalue weighted by atomic mass is 35.5. The second-order valence-electron chi connectivity index (χ2n) is 6.22. The first-order valence-electron chi connectivity index (χ1n) is 7.68. The fourth-order valence-electron chi connectivity index (χ4n) is 3.96. The van der Waals surface area contributed by atoms with E-state index in [0.29, 0.717) is 34.7 Å². The number of methoxy groups -OCH3 is 1. The third kappa shape index (κ3) is 2.10. The number of rotatable bonds is 1. The smallest absolute Gasteiger partial charge is 0.416 e. The van der Waals surface area contributed by atoms with E-state index in [9.17, 15) is 18.0 Å². The molecule has 25 heavy (non-hydrogen) atoms. The Morgan fingerprint density at radius 1 is 1.24 bits per heavy atom. The van der Waals surface area contributed by atoms with E-state index in [1.165, 1.54) is 13.2 Å². The van der Waals surface area contributed by atoms with Crippen LogP contribution in [-0.4, -0.2) is 13.0 Å². The number of benzene rings is 2. The van der Waals surface area contributed by atoms with Crippen LogP contribution in [0.25, 0.3) is 0 Å². The van der Waals surface area contributed by atoms with Gasteiger partial charge in [-0.1, -0.05) is 17.7 Å². The maximum Gasteiger partial charge on any atom is 0.416 e. The van der Waals surface area contributed by atoms with Gasteiger partial charge >= 0.3 is 6.18 Å². The van der Waals surface area contributed by atoms with Crippen molar-refractivity contribution >= 4 is 23.2 Å². The van der Waals surface area contributed by atoms with Crippen LogP contribution in [-0.2, 0) is 22.8 Å². The molecule has 130 valence electrons. The van der Waals surface area contributed by atoms with Crippen LogP contribution < -0.4 is 10.1 Å². The molecule has 3 nitrogen and oxygen atoms in total. The number of anilines is 1. The first-order valence-corrected chi connectivity index (χ1v) is 8.06. The lowest BCUT2D eigenvalue weighted by atomic mass is 9.76. The van der Waals surface area contributed by atoms with Gasteiger partial charge in [0.15, 0.2) is 0 Å². The minimum Gasteiger partial charge on any atom is -0.496 e. The number of halogens is 4. The monoisotopic (exact) mass is 367 g/mol. The molecule has 0 saturated carbocycles. The van der Waals surface area contributed by atoms with E-state index < -0.39 is 17.2 Å². The quantitative estimate of drug-likeness (QED) is 0.803. The van der Waals surface area contributed by atoms with Crippen LogP contribution in [0, 0.1) is 0 Å². The SMILES string of the molecule is COc1ccc(Cl)c2c1C1(CC2)C(=O)Nc2cc(C(F)(F)F)ccc21. The molecule has 1 N–H and O–H groups in total. The Balaban J connectivity index is 1.97. The van der Waals surface area contributed by atoms with Gasteiger partial charge in [0.1, 0.15) is 11.2 Å². The summed E-state index contributed by atoms with van der Waals surface area (Å²) in [6.07, 6.45) is -3.48. The van der Waals surface area contributed by atoms with Crippen molar-refractivity contribution in [2.45, 2.75) is 24.4 Å². The molecule has 0 aromatic heterocycles. The zero-order chi connectivity index (χ0) is 18.0. The molecule has 1 aliphatic heterocycles. The lowest BCUT2D eigenvalue weighted by Gasteiger charge is -2.25. The maximum atomic E-state index is 13.0. The van der Waals surface area contributed by atoms with Gasteiger partial charge in [-0.2, -0.15) is 13.2 Å². The molecule has 0 bridgehead atoms. The largest absolute Gasteiger partial charge is 0.496 e. The van der Waals surface area contributed by atoms with E-state index in [-0.39, 0.29) is 11.6 Å². The Morgan fingerprint density at radius 3 is 2.68 bits per heavy atom. The minimum absolute atomic E-state index is 0.190. The van der Waals surface area contributed by atoms with Crippen molar-refractivity contribution in [1.82, 2.24) is 0 Å². The highest BCUT2D eigenvalue weighted by Gasteiger charge is 2.54. The highest BCUT2D eigenvalue weighted by molar-refractivity contribution is 6.31. The van der Waals surface area contributed by atoms with E-state index in [1.807, 2.05) is 0 Å². The standard InChI is InChI=1S/C18H13ClF3NO2/c1-25-14-5-4-12(19)10-6-7-17(15(10)14)11-3-2-9(18(20,21)22)8-13(11)23-16(17)24/h2-5,8H,6-7H2,1H3,(H,23,24). The third-order valence-electron chi connectivity index (χ3n) is 5.06. The van der Waals surface area contributed by atoms with Crippen LogP contribution in [0.3, 0.4) is 0 Å². The Hall–Kier alpha value is -2.21. The van der Waals surface area contributed by atoms with Gasteiger partial charge in [0.05, 0.1) is 12.7 Å². The topological polar surface area (TPSA) is 38.3 Å². The highest BCUT2D eigenvalue weighted by Crippen LogP contribution is 2.55. The van der Waals surface area contributed by atoms with Gasteiger partial charge in [-0.05, 0) is 48.2 Å². The molecular formula is C18H13ClF3NO2. The number of carbonyl (C=O) groups excluding carboxylic acids is 1. The molecule has 1 amide bonds. The van der Waals surface area contributed by atoms with Gasteiger partial charge in [-0.15, -0.1) is 0 Å². The van der Waals surface area contributed by atoms with Gasteiger partial charge in [-0.3, -0.25) is 4.79 Å². The van der Waals surface area contributed by atoms with Crippen molar-refractivity contribution in [3.05, 3.63) is 57.6 Å². The summed E-state index contributed by atoms with van der Waals surface area (Å²) < 4.78 is 44.4. The van der Waals surface area contributed by atoms with Gasteiger partial charge in [0.25, 0.3) is 0 Å². The molecule has 7 heteroatoms. The van der Waals surface area contributed by atoms with Crippen molar-refractivity contribution in [3.8, 4) is 5.75 Å². The molecule has 4 rings (SSSR count). The summed E-state index contributed by atoms with van der Waals surface area (Å²) in [5.74, 6) is 0.168. The average molecular weight is 368 g/mol. The summed E-state index contributed by atoms with van der Waals surface area (Å²) in [6, 6.07) is 6.76. The van der Waals surface area contributed by atoms with Crippen molar-refractivity contribution < 1.29 is 22.7 Å². The van der Waals surface area contributed by atoms with Crippen molar-refractivity contribution in [2.24, 2.45) is 0 Å². The number of ether oxygens (including phenoxy) is 1. The van der Waals surface area contributed by atoms with E-state index in [1.54, 1.807) is 12.1 Å². The molecule has 2 aliphatic rings. The van der Waals surface area contributed by atoms with Crippen LogP contribution in [0.5, 0.6) is 5.75 Å². The summed E-state index contributed by atoms with van der Waals surface area (Å²) in [5.41, 5.74) is 0.326. The fraction of sp³-hybridized carbons (Fsp3) is 0.278. The molecule has 1 unspecified atom stereocenters. The summed E-state index contributed by atoms with van der Waals surface area (Å²) in [6.45, 7) is 0. The average Bonchev–Trinajstić information content (AvgIpc) is 3.09. The number of carbonyl (C=O) groups is 1. The molecule has 2 aromatic rings. The first-order chi connectivity index (χ1) is 11.8. The van der Waals surface area contributed by atoms with Crippen LogP contribution in [0.15, 0.2) is 30.3 Å². The van der Waals surface area contributed by atoms with Gasteiger partial charge in [0.2, 0.25) is 5.91 Å². The minimum atomic E-state index is -4.47.